The predicted octanol–water partition coefficient (Wildman–Crippen LogP) is 0.0833. The van der Waals surface area contributed by atoms with Crippen molar-refractivity contribution in [2.24, 2.45) is 0 Å². The fourth-order valence-corrected chi connectivity index (χ4v) is 0.665. The SMILES string of the molecule is OB(O)Oc1ccc(Cl)nc1. The molecule has 0 fully saturated rings. The van der Waals surface area contributed by atoms with Crippen molar-refractivity contribution < 1.29 is 14.7 Å². The molecule has 0 radical (unpaired) electrons. The number of pyridine rings is 1. The van der Waals surface area contributed by atoms with E-state index in [0.29, 0.717) is 5.15 Å². The monoisotopic (exact) mass is 173 g/mol. The summed E-state index contributed by atoms with van der Waals surface area (Å²) in [6, 6.07) is 2.97. The van der Waals surface area contributed by atoms with Crippen molar-refractivity contribution in [2.45, 2.75) is 0 Å². The van der Waals surface area contributed by atoms with Crippen LogP contribution in [-0.2, 0) is 0 Å². The van der Waals surface area contributed by atoms with E-state index in [9.17, 15) is 0 Å². The van der Waals surface area contributed by atoms with E-state index in [0.717, 1.165) is 0 Å². The Kier molecular flexibility index (Phi) is 2.70. The lowest BCUT2D eigenvalue weighted by Gasteiger charge is -2.02. The van der Waals surface area contributed by atoms with E-state index in [1.54, 1.807) is 0 Å². The highest BCUT2D eigenvalue weighted by molar-refractivity contribution is 6.33. The van der Waals surface area contributed by atoms with Gasteiger partial charge in [0.1, 0.15) is 10.9 Å². The van der Waals surface area contributed by atoms with Gasteiger partial charge in [0.25, 0.3) is 0 Å². The number of halogens is 1. The molecule has 1 heterocycles. The Morgan fingerprint density at radius 1 is 1.45 bits per heavy atom. The van der Waals surface area contributed by atoms with Crippen molar-refractivity contribution in [2.75, 3.05) is 0 Å². The quantitative estimate of drug-likeness (QED) is 0.491. The average Bonchev–Trinajstić information content (AvgIpc) is 1.93. The second-order valence-corrected chi connectivity index (χ2v) is 2.15. The molecule has 0 spiro atoms. The van der Waals surface area contributed by atoms with Gasteiger partial charge in [-0.3, -0.25) is 0 Å². The first-order valence-electron chi connectivity index (χ1n) is 2.83. The van der Waals surface area contributed by atoms with Gasteiger partial charge in [0.15, 0.2) is 0 Å². The Labute approximate surface area is 68.6 Å². The zero-order valence-electron chi connectivity index (χ0n) is 5.44. The first-order chi connectivity index (χ1) is 5.18. The lowest BCUT2D eigenvalue weighted by molar-refractivity contribution is 0.287. The van der Waals surface area contributed by atoms with Crippen molar-refractivity contribution in [3.63, 3.8) is 0 Å². The van der Waals surface area contributed by atoms with Gasteiger partial charge in [-0.25, -0.2) is 4.98 Å². The van der Waals surface area contributed by atoms with Crippen LogP contribution in [0.25, 0.3) is 0 Å². The minimum atomic E-state index is -1.82. The number of rotatable bonds is 2. The van der Waals surface area contributed by atoms with Gasteiger partial charge in [-0.05, 0) is 12.1 Å². The highest BCUT2D eigenvalue weighted by Crippen LogP contribution is 2.11. The van der Waals surface area contributed by atoms with Gasteiger partial charge < -0.3 is 14.7 Å². The van der Waals surface area contributed by atoms with Gasteiger partial charge in [-0.2, -0.15) is 0 Å². The van der Waals surface area contributed by atoms with Crippen LogP contribution in [0.3, 0.4) is 0 Å². The molecule has 0 saturated heterocycles. The van der Waals surface area contributed by atoms with Gasteiger partial charge in [0.05, 0.1) is 6.20 Å². The van der Waals surface area contributed by atoms with Crippen LogP contribution in [0.5, 0.6) is 5.75 Å². The van der Waals surface area contributed by atoms with Gasteiger partial charge in [-0.15, -0.1) is 0 Å². The van der Waals surface area contributed by atoms with Crippen LogP contribution in [0.1, 0.15) is 0 Å². The second kappa shape index (κ2) is 3.57. The van der Waals surface area contributed by atoms with E-state index >= 15 is 0 Å². The second-order valence-electron chi connectivity index (χ2n) is 1.76. The molecule has 2 N–H and O–H groups in total. The molecule has 1 aromatic heterocycles. The molecule has 0 aromatic carbocycles. The molecule has 0 aliphatic rings. The first kappa shape index (κ1) is 8.32. The van der Waals surface area contributed by atoms with E-state index in [1.807, 2.05) is 0 Å². The summed E-state index contributed by atoms with van der Waals surface area (Å²) in [6.45, 7) is 0. The molecular formula is C5H5BClNO3. The maximum Gasteiger partial charge on any atom is 0.707 e. The highest BCUT2D eigenvalue weighted by Gasteiger charge is 2.10. The fraction of sp³-hybridized carbons (Fsp3) is 0. The molecule has 58 valence electrons. The van der Waals surface area contributed by atoms with Crippen LogP contribution in [0.2, 0.25) is 5.15 Å². The van der Waals surface area contributed by atoms with Crippen molar-refractivity contribution >= 4 is 18.9 Å². The Hall–Kier alpha value is -0.775. The average molecular weight is 173 g/mol. The number of nitrogens with zero attached hydrogens (tertiary/aromatic N) is 1. The van der Waals surface area contributed by atoms with Crippen molar-refractivity contribution in [3.05, 3.63) is 23.5 Å². The van der Waals surface area contributed by atoms with Gasteiger partial charge in [0, 0.05) is 0 Å². The first-order valence-corrected chi connectivity index (χ1v) is 3.20. The number of aromatic nitrogens is 1. The zero-order valence-corrected chi connectivity index (χ0v) is 6.19. The van der Waals surface area contributed by atoms with Gasteiger partial charge in [0.2, 0.25) is 0 Å². The summed E-state index contributed by atoms with van der Waals surface area (Å²) in [5, 5.41) is 17.0. The van der Waals surface area contributed by atoms with Crippen molar-refractivity contribution in [1.29, 1.82) is 0 Å². The van der Waals surface area contributed by atoms with Crippen molar-refractivity contribution in [1.82, 2.24) is 4.98 Å². The number of hydrogen-bond acceptors (Lipinski definition) is 4. The largest absolute Gasteiger partial charge is 0.707 e. The molecule has 0 aliphatic heterocycles. The summed E-state index contributed by atoms with van der Waals surface area (Å²) >= 11 is 5.46. The van der Waals surface area contributed by atoms with Crippen LogP contribution < -0.4 is 4.65 Å². The third-order valence-electron chi connectivity index (χ3n) is 0.942. The van der Waals surface area contributed by atoms with E-state index in [4.69, 9.17) is 21.6 Å². The summed E-state index contributed by atoms with van der Waals surface area (Å²) in [4.78, 5) is 3.65. The Bertz CT molecular complexity index is 228. The van der Waals surface area contributed by atoms with Crippen LogP contribution in [0, 0.1) is 0 Å². The molecule has 0 unspecified atom stereocenters. The zero-order chi connectivity index (χ0) is 8.27. The van der Waals surface area contributed by atoms with Crippen LogP contribution >= 0.6 is 11.6 Å². The lowest BCUT2D eigenvalue weighted by atomic mass is 10.2. The Balaban J connectivity index is 2.66. The molecule has 4 nitrogen and oxygen atoms in total. The molecular weight excluding hydrogens is 168 g/mol. The summed E-state index contributed by atoms with van der Waals surface area (Å²) in [5.41, 5.74) is 0. The summed E-state index contributed by atoms with van der Waals surface area (Å²) in [6.07, 6.45) is 1.29. The molecule has 0 aliphatic carbocycles. The van der Waals surface area contributed by atoms with Crippen LogP contribution in [0.15, 0.2) is 18.3 Å². The minimum absolute atomic E-state index is 0.254. The normalized spacial score (nSPS) is 9.36. The fourth-order valence-electron chi connectivity index (χ4n) is 0.554. The molecule has 0 saturated carbocycles. The number of hydrogen-bond donors (Lipinski definition) is 2. The van der Waals surface area contributed by atoms with E-state index < -0.39 is 7.32 Å². The molecule has 1 rings (SSSR count). The third-order valence-corrected chi connectivity index (χ3v) is 1.17. The lowest BCUT2D eigenvalue weighted by Crippen LogP contribution is -2.20. The summed E-state index contributed by atoms with van der Waals surface area (Å²) in [7, 11) is -1.82. The molecule has 0 amide bonds. The van der Waals surface area contributed by atoms with E-state index in [2.05, 4.69) is 9.64 Å². The van der Waals surface area contributed by atoms with Crippen molar-refractivity contribution in [3.8, 4) is 5.75 Å². The predicted molar refractivity (Wildman–Crippen MR) is 40.1 cm³/mol. The maximum atomic E-state index is 8.35. The molecule has 1 aromatic rings. The minimum Gasteiger partial charge on any atom is -0.511 e. The Morgan fingerprint density at radius 3 is 2.64 bits per heavy atom. The van der Waals surface area contributed by atoms with Crippen LogP contribution in [0.4, 0.5) is 0 Å². The standard InChI is InChI=1S/C5H5BClNO3/c7-5-2-1-4(3-8-5)11-6(9)10/h1-3,9-10H. The molecule has 6 heteroatoms. The topological polar surface area (TPSA) is 62.6 Å². The van der Waals surface area contributed by atoms with E-state index in [1.165, 1.54) is 18.3 Å². The molecule has 11 heavy (non-hydrogen) atoms. The van der Waals surface area contributed by atoms with Gasteiger partial charge in [-0.1, -0.05) is 11.6 Å². The van der Waals surface area contributed by atoms with Gasteiger partial charge >= 0.3 is 7.32 Å². The van der Waals surface area contributed by atoms with Crippen LogP contribution in [-0.4, -0.2) is 22.4 Å². The summed E-state index contributed by atoms with van der Waals surface area (Å²) < 4.78 is 4.46. The van der Waals surface area contributed by atoms with E-state index in [-0.39, 0.29) is 5.75 Å². The smallest absolute Gasteiger partial charge is 0.511 e. The summed E-state index contributed by atoms with van der Waals surface area (Å²) in [5.74, 6) is 0.254. The molecule has 0 bridgehead atoms. The maximum absolute atomic E-state index is 8.35. The Morgan fingerprint density at radius 2 is 2.18 bits per heavy atom. The highest BCUT2D eigenvalue weighted by atomic mass is 35.5. The third kappa shape index (κ3) is 2.75. The molecule has 0 atom stereocenters.